The summed E-state index contributed by atoms with van der Waals surface area (Å²) in [5.74, 6) is -0.306. The van der Waals surface area contributed by atoms with E-state index in [2.05, 4.69) is 10.4 Å². The molecule has 0 aliphatic heterocycles. The summed E-state index contributed by atoms with van der Waals surface area (Å²) in [4.78, 5) is 11.4. The minimum Gasteiger partial charge on any atom is -0.444 e. The Kier molecular flexibility index (Phi) is 3.97. The molecular formula is C10H15F3N4O2. The summed E-state index contributed by atoms with van der Waals surface area (Å²) in [6.07, 6.45) is -5.26. The Morgan fingerprint density at radius 2 is 2.05 bits per heavy atom. The fourth-order valence-corrected chi connectivity index (χ4v) is 1.20. The summed E-state index contributed by atoms with van der Waals surface area (Å²) in [5.41, 5.74) is 4.64. The second-order valence-electron chi connectivity index (χ2n) is 4.85. The highest BCUT2D eigenvalue weighted by Crippen LogP contribution is 2.21. The van der Waals surface area contributed by atoms with Gasteiger partial charge < -0.3 is 10.5 Å². The molecule has 9 heteroatoms. The van der Waals surface area contributed by atoms with Gasteiger partial charge in [-0.1, -0.05) is 0 Å². The summed E-state index contributed by atoms with van der Waals surface area (Å²) >= 11 is 0. The summed E-state index contributed by atoms with van der Waals surface area (Å²) in [6.45, 7) is 3.64. The fourth-order valence-electron chi connectivity index (χ4n) is 1.20. The van der Waals surface area contributed by atoms with Crippen molar-refractivity contribution in [3.05, 3.63) is 6.07 Å². The number of carbonyl (C=O) groups excluding carboxylic acids is 1. The quantitative estimate of drug-likeness (QED) is 0.871. The second-order valence-corrected chi connectivity index (χ2v) is 4.85. The average molecular weight is 280 g/mol. The van der Waals surface area contributed by atoms with Crippen LogP contribution in [0.2, 0.25) is 0 Å². The molecule has 6 nitrogen and oxygen atoms in total. The van der Waals surface area contributed by atoms with E-state index in [1.54, 1.807) is 20.8 Å². The number of amides is 1. The number of halogens is 3. The van der Waals surface area contributed by atoms with Crippen LogP contribution in [-0.2, 0) is 11.3 Å². The lowest BCUT2D eigenvalue weighted by Gasteiger charge is -2.19. The zero-order valence-electron chi connectivity index (χ0n) is 10.7. The van der Waals surface area contributed by atoms with E-state index in [0.717, 1.165) is 6.07 Å². The second kappa shape index (κ2) is 4.98. The molecule has 1 aromatic heterocycles. The third-order valence-electron chi connectivity index (χ3n) is 1.77. The summed E-state index contributed by atoms with van der Waals surface area (Å²) in [7, 11) is 0. The first kappa shape index (κ1) is 15.1. The number of hydrogen-bond donors (Lipinski definition) is 2. The van der Waals surface area contributed by atoms with E-state index in [9.17, 15) is 18.0 Å². The van der Waals surface area contributed by atoms with Crippen molar-refractivity contribution in [3.63, 3.8) is 0 Å². The lowest BCUT2D eigenvalue weighted by molar-refractivity contribution is -0.142. The monoisotopic (exact) mass is 280 g/mol. The molecule has 0 fully saturated rings. The Labute approximate surface area is 107 Å². The number of nitrogens with zero attached hydrogens (tertiary/aromatic N) is 2. The van der Waals surface area contributed by atoms with E-state index < -0.39 is 24.4 Å². The molecule has 0 aliphatic rings. The molecule has 0 saturated heterocycles. The van der Waals surface area contributed by atoms with Crippen LogP contribution in [0, 0.1) is 0 Å². The Balaban J connectivity index is 2.71. The molecule has 0 unspecified atom stereocenters. The summed E-state index contributed by atoms with van der Waals surface area (Å²) < 4.78 is 42.0. The van der Waals surface area contributed by atoms with Gasteiger partial charge in [0, 0.05) is 6.07 Å². The molecule has 1 aromatic rings. The van der Waals surface area contributed by atoms with Crippen LogP contribution in [0.15, 0.2) is 6.07 Å². The largest absolute Gasteiger partial charge is 0.444 e. The first-order chi connectivity index (χ1) is 8.46. The Hall–Kier alpha value is -1.93. The maximum Gasteiger partial charge on any atom is 0.413 e. The van der Waals surface area contributed by atoms with E-state index in [4.69, 9.17) is 10.5 Å². The number of nitrogens with two attached hydrogens (primary N) is 1. The zero-order chi connectivity index (χ0) is 14.8. The van der Waals surface area contributed by atoms with Crippen molar-refractivity contribution in [1.29, 1.82) is 0 Å². The number of alkyl halides is 3. The van der Waals surface area contributed by atoms with E-state index in [0.29, 0.717) is 4.68 Å². The Morgan fingerprint density at radius 1 is 1.47 bits per heavy atom. The number of rotatable bonds is 2. The van der Waals surface area contributed by atoms with E-state index in [1.807, 2.05) is 0 Å². The lowest BCUT2D eigenvalue weighted by Crippen LogP contribution is -2.27. The van der Waals surface area contributed by atoms with Gasteiger partial charge in [0.15, 0.2) is 5.82 Å². The van der Waals surface area contributed by atoms with Crippen LogP contribution >= 0.6 is 0 Å². The van der Waals surface area contributed by atoms with Crippen molar-refractivity contribution >= 4 is 17.7 Å². The van der Waals surface area contributed by atoms with Crippen molar-refractivity contribution < 1.29 is 22.7 Å². The van der Waals surface area contributed by atoms with Gasteiger partial charge in [-0.2, -0.15) is 18.3 Å². The Bertz CT molecular complexity index is 462. The molecule has 108 valence electrons. The molecule has 1 rings (SSSR count). The predicted molar refractivity (Wildman–Crippen MR) is 62.6 cm³/mol. The van der Waals surface area contributed by atoms with E-state index in [1.165, 1.54) is 0 Å². The first-order valence-corrected chi connectivity index (χ1v) is 5.36. The normalized spacial score (nSPS) is 12.3. The van der Waals surface area contributed by atoms with E-state index in [-0.39, 0.29) is 11.6 Å². The molecule has 19 heavy (non-hydrogen) atoms. The van der Waals surface area contributed by atoms with Gasteiger partial charge in [0.05, 0.1) is 0 Å². The Morgan fingerprint density at radius 3 is 2.53 bits per heavy atom. The zero-order valence-corrected chi connectivity index (χ0v) is 10.7. The smallest absolute Gasteiger partial charge is 0.413 e. The van der Waals surface area contributed by atoms with Crippen molar-refractivity contribution in [1.82, 2.24) is 9.78 Å². The van der Waals surface area contributed by atoms with Gasteiger partial charge in [0.2, 0.25) is 0 Å². The van der Waals surface area contributed by atoms with Crippen LogP contribution < -0.4 is 11.1 Å². The molecule has 0 aromatic carbocycles. The molecule has 0 aliphatic carbocycles. The number of aromatic nitrogens is 2. The first-order valence-electron chi connectivity index (χ1n) is 5.36. The van der Waals surface area contributed by atoms with Gasteiger partial charge in [-0.3, -0.25) is 5.32 Å². The third-order valence-corrected chi connectivity index (χ3v) is 1.77. The SMILES string of the molecule is CC(C)(C)OC(=O)Nc1cc(N)n(CC(F)(F)F)n1. The topological polar surface area (TPSA) is 82.2 Å². The molecule has 1 amide bonds. The van der Waals surface area contributed by atoms with Crippen LogP contribution in [0.1, 0.15) is 20.8 Å². The minimum absolute atomic E-state index is 0.101. The molecule has 0 atom stereocenters. The highest BCUT2D eigenvalue weighted by atomic mass is 19.4. The van der Waals surface area contributed by atoms with E-state index >= 15 is 0 Å². The van der Waals surface area contributed by atoms with Crippen molar-refractivity contribution in [2.24, 2.45) is 0 Å². The highest BCUT2D eigenvalue weighted by Gasteiger charge is 2.29. The van der Waals surface area contributed by atoms with Gasteiger partial charge in [0.1, 0.15) is 18.0 Å². The average Bonchev–Trinajstić information content (AvgIpc) is 2.39. The molecule has 3 N–H and O–H groups in total. The van der Waals surface area contributed by atoms with Gasteiger partial charge >= 0.3 is 12.3 Å². The molecule has 0 saturated carbocycles. The van der Waals surface area contributed by atoms with Gasteiger partial charge in [-0.15, -0.1) is 0 Å². The summed E-state index contributed by atoms with van der Waals surface area (Å²) in [5, 5.41) is 5.73. The summed E-state index contributed by atoms with van der Waals surface area (Å²) in [6, 6.07) is 1.12. The van der Waals surface area contributed by atoms with Crippen LogP contribution in [0.4, 0.5) is 29.6 Å². The number of anilines is 2. The predicted octanol–water partition coefficient (Wildman–Crippen LogP) is 2.37. The van der Waals surface area contributed by atoms with Crippen LogP contribution in [0.25, 0.3) is 0 Å². The molecule has 0 bridgehead atoms. The number of carbonyl (C=O) groups is 1. The number of ether oxygens (including phenoxy) is 1. The fraction of sp³-hybridized carbons (Fsp3) is 0.600. The van der Waals surface area contributed by atoms with Crippen LogP contribution in [-0.4, -0.2) is 27.7 Å². The molecule has 0 spiro atoms. The molecule has 0 radical (unpaired) electrons. The standard InChI is InChI=1S/C10H15F3N4O2/c1-9(2,3)19-8(18)15-7-4-6(14)17(16-7)5-10(11,12)13/h4H,5,14H2,1-3H3,(H,15,16,18). The van der Waals surface area contributed by atoms with Gasteiger partial charge in [-0.25, -0.2) is 9.48 Å². The maximum atomic E-state index is 12.2. The van der Waals surface area contributed by atoms with Gasteiger partial charge in [-0.05, 0) is 20.8 Å². The number of nitrogen functional groups attached to an aromatic ring is 1. The van der Waals surface area contributed by atoms with Crippen LogP contribution in [0.5, 0.6) is 0 Å². The van der Waals surface area contributed by atoms with Crippen molar-refractivity contribution in [3.8, 4) is 0 Å². The van der Waals surface area contributed by atoms with Gasteiger partial charge in [0.25, 0.3) is 0 Å². The lowest BCUT2D eigenvalue weighted by atomic mass is 10.2. The number of nitrogens with one attached hydrogen (secondary N) is 1. The molecule has 1 heterocycles. The van der Waals surface area contributed by atoms with Crippen molar-refractivity contribution in [2.45, 2.75) is 39.1 Å². The minimum atomic E-state index is -4.44. The third kappa shape index (κ3) is 5.49. The number of hydrogen-bond acceptors (Lipinski definition) is 4. The van der Waals surface area contributed by atoms with Crippen molar-refractivity contribution in [2.75, 3.05) is 11.1 Å². The molecular weight excluding hydrogens is 265 g/mol. The highest BCUT2D eigenvalue weighted by molar-refractivity contribution is 5.84. The van der Waals surface area contributed by atoms with Crippen LogP contribution in [0.3, 0.4) is 0 Å². The maximum absolute atomic E-state index is 12.2.